The molecule has 0 unspecified atom stereocenters. The average molecular weight is 332 g/mol. The molecule has 2 bridgehead atoms. The average Bonchev–Trinajstić information content (AvgIpc) is 2.40. The summed E-state index contributed by atoms with van der Waals surface area (Å²) >= 11 is 0. The lowest BCUT2D eigenvalue weighted by molar-refractivity contribution is -0.162. The number of urea groups is 1. The molecule has 126 valence electrons. The first-order valence-electron chi connectivity index (χ1n) is 7.21. The summed E-state index contributed by atoms with van der Waals surface area (Å²) in [5.74, 6) is 0.0841. The highest BCUT2D eigenvalue weighted by molar-refractivity contribution is 5.75. The smallest absolute Gasteiger partial charge is 0.422 e. The molecule has 2 amide bonds. The molecule has 23 heavy (non-hydrogen) atoms. The maximum Gasteiger partial charge on any atom is 0.422 e. The molecule has 1 aromatic carbocycles. The lowest BCUT2D eigenvalue weighted by atomic mass is 9.47. The molecular formula is C15H16F4N2O2. The molecule has 8 heteroatoms. The van der Waals surface area contributed by atoms with Crippen molar-refractivity contribution in [2.45, 2.75) is 43.2 Å². The zero-order valence-corrected chi connectivity index (χ0v) is 12.2. The minimum absolute atomic E-state index is 0.0841. The van der Waals surface area contributed by atoms with Crippen LogP contribution in [0, 0.1) is 0 Å². The number of benzene rings is 1. The first kappa shape index (κ1) is 15.9. The Labute approximate surface area is 130 Å². The Hall–Kier alpha value is -1.99. The number of halogens is 4. The molecule has 0 aliphatic heterocycles. The second-order valence-corrected chi connectivity index (χ2v) is 6.32. The maximum absolute atomic E-state index is 13.4. The van der Waals surface area contributed by atoms with E-state index >= 15 is 0 Å². The number of nitrogens with one attached hydrogen (secondary N) is 2. The molecule has 0 spiro atoms. The van der Waals surface area contributed by atoms with E-state index in [1.807, 2.05) is 0 Å². The van der Waals surface area contributed by atoms with Crippen molar-refractivity contribution in [3.8, 4) is 5.75 Å². The van der Waals surface area contributed by atoms with E-state index in [0.29, 0.717) is 24.8 Å². The second-order valence-electron chi connectivity index (χ2n) is 6.32. The van der Waals surface area contributed by atoms with Gasteiger partial charge in [0.15, 0.2) is 6.61 Å². The van der Waals surface area contributed by atoms with Gasteiger partial charge in [-0.05, 0) is 17.7 Å². The Bertz CT molecular complexity index is 598. The number of amides is 2. The quantitative estimate of drug-likeness (QED) is 0.814. The molecule has 0 atom stereocenters. The first-order valence-corrected chi connectivity index (χ1v) is 7.21. The topological polar surface area (TPSA) is 50.4 Å². The van der Waals surface area contributed by atoms with Crippen LogP contribution >= 0.6 is 0 Å². The number of hydrogen-bond acceptors (Lipinski definition) is 2. The van der Waals surface area contributed by atoms with Crippen LogP contribution in [0.15, 0.2) is 24.3 Å². The summed E-state index contributed by atoms with van der Waals surface area (Å²) in [4.78, 5) is 11.8. The zero-order chi connectivity index (χ0) is 16.7. The Morgan fingerprint density at radius 1 is 1.26 bits per heavy atom. The number of rotatable bonds is 5. The van der Waals surface area contributed by atoms with E-state index in [1.54, 1.807) is 12.1 Å². The molecule has 3 fully saturated rings. The number of carbonyl (C=O) groups is 1. The van der Waals surface area contributed by atoms with Crippen LogP contribution in [0.2, 0.25) is 0 Å². The second kappa shape index (κ2) is 5.28. The van der Waals surface area contributed by atoms with E-state index in [4.69, 9.17) is 0 Å². The monoisotopic (exact) mass is 332 g/mol. The van der Waals surface area contributed by atoms with E-state index in [2.05, 4.69) is 15.4 Å². The molecule has 0 aromatic heterocycles. The molecule has 3 saturated carbocycles. The summed E-state index contributed by atoms with van der Waals surface area (Å²) in [6, 6.07) is 5.65. The molecular weight excluding hydrogens is 316 g/mol. The third-order valence-corrected chi connectivity index (χ3v) is 4.10. The molecule has 2 N–H and O–H groups in total. The van der Waals surface area contributed by atoms with Crippen LogP contribution in [0.5, 0.6) is 5.75 Å². The van der Waals surface area contributed by atoms with Crippen molar-refractivity contribution in [1.82, 2.24) is 10.6 Å². The summed E-state index contributed by atoms with van der Waals surface area (Å²) < 4.78 is 54.3. The normalized spacial score (nSPS) is 28.3. The van der Waals surface area contributed by atoms with Gasteiger partial charge in [-0.1, -0.05) is 12.1 Å². The minimum Gasteiger partial charge on any atom is -0.484 e. The van der Waals surface area contributed by atoms with Gasteiger partial charge in [0.25, 0.3) is 0 Å². The molecule has 4 nitrogen and oxygen atoms in total. The molecule has 0 heterocycles. The van der Waals surface area contributed by atoms with E-state index in [1.165, 1.54) is 12.1 Å². The predicted molar refractivity (Wildman–Crippen MR) is 73.8 cm³/mol. The van der Waals surface area contributed by atoms with Gasteiger partial charge in [-0.3, -0.25) is 0 Å². The van der Waals surface area contributed by atoms with Gasteiger partial charge in [-0.25, -0.2) is 9.18 Å². The van der Waals surface area contributed by atoms with Crippen LogP contribution in [0.25, 0.3) is 0 Å². The standard InChI is InChI=1S/C15H16F4N2O2/c16-13-6-14(7-13,8-13)21-12(22)20-5-10-2-1-3-11(4-10)23-9-15(17,18)19/h1-4H,5-9H2,(H2,20,21,22). The van der Waals surface area contributed by atoms with Crippen LogP contribution in [0.3, 0.4) is 0 Å². The van der Waals surface area contributed by atoms with Gasteiger partial charge in [0.2, 0.25) is 0 Å². The van der Waals surface area contributed by atoms with E-state index < -0.39 is 30.0 Å². The number of alkyl halides is 4. The van der Waals surface area contributed by atoms with Gasteiger partial charge in [-0.15, -0.1) is 0 Å². The molecule has 3 aliphatic carbocycles. The van der Waals surface area contributed by atoms with Crippen molar-refractivity contribution in [1.29, 1.82) is 0 Å². The van der Waals surface area contributed by atoms with Gasteiger partial charge in [0.1, 0.15) is 11.4 Å². The van der Waals surface area contributed by atoms with Crippen molar-refractivity contribution in [3.05, 3.63) is 29.8 Å². The highest BCUT2D eigenvalue weighted by Gasteiger charge is 2.69. The number of hydrogen-bond donors (Lipinski definition) is 2. The van der Waals surface area contributed by atoms with E-state index in [-0.39, 0.29) is 12.3 Å². The SMILES string of the molecule is O=C(NCc1cccc(OCC(F)(F)F)c1)NC12CC(F)(C1)C2. The molecule has 3 aliphatic rings. The van der Waals surface area contributed by atoms with Crippen molar-refractivity contribution in [3.63, 3.8) is 0 Å². The molecule has 1 aromatic rings. The summed E-state index contributed by atoms with van der Waals surface area (Å²) in [5.41, 5.74) is -0.882. The highest BCUT2D eigenvalue weighted by atomic mass is 19.4. The van der Waals surface area contributed by atoms with Gasteiger partial charge >= 0.3 is 12.2 Å². The third kappa shape index (κ3) is 3.68. The summed E-state index contributed by atoms with van der Waals surface area (Å²) in [6.07, 6.45) is -3.33. The van der Waals surface area contributed by atoms with Crippen molar-refractivity contribution < 1.29 is 27.1 Å². The fourth-order valence-corrected chi connectivity index (χ4v) is 3.17. The zero-order valence-electron chi connectivity index (χ0n) is 12.2. The van der Waals surface area contributed by atoms with E-state index in [0.717, 1.165) is 0 Å². The maximum atomic E-state index is 13.4. The van der Waals surface area contributed by atoms with Crippen molar-refractivity contribution >= 4 is 6.03 Å². The Morgan fingerprint density at radius 3 is 2.57 bits per heavy atom. The summed E-state index contributed by atoms with van der Waals surface area (Å²) in [7, 11) is 0. The Kier molecular flexibility index (Phi) is 3.65. The highest BCUT2D eigenvalue weighted by Crippen LogP contribution is 2.62. The fourth-order valence-electron chi connectivity index (χ4n) is 3.17. The minimum atomic E-state index is -4.40. The Balaban J connectivity index is 1.45. The van der Waals surface area contributed by atoms with Gasteiger partial charge in [0, 0.05) is 25.8 Å². The Morgan fingerprint density at radius 2 is 1.96 bits per heavy atom. The van der Waals surface area contributed by atoms with Crippen LogP contribution in [-0.4, -0.2) is 30.0 Å². The van der Waals surface area contributed by atoms with Crippen LogP contribution in [0.4, 0.5) is 22.4 Å². The van der Waals surface area contributed by atoms with Gasteiger partial charge < -0.3 is 15.4 Å². The summed E-state index contributed by atoms with van der Waals surface area (Å²) in [5, 5.41) is 5.35. The van der Waals surface area contributed by atoms with Gasteiger partial charge in [0.05, 0.1) is 5.54 Å². The van der Waals surface area contributed by atoms with E-state index in [9.17, 15) is 22.4 Å². The molecule has 0 saturated heterocycles. The van der Waals surface area contributed by atoms with Crippen molar-refractivity contribution in [2.24, 2.45) is 0 Å². The lowest BCUT2D eigenvalue weighted by Crippen LogP contribution is -2.77. The molecule has 0 radical (unpaired) electrons. The van der Waals surface area contributed by atoms with Crippen LogP contribution in [0.1, 0.15) is 24.8 Å². The molecule has 4 rings (SSSR count). The lowest BCUT2D eigenvalue weighted by Gasteiger charge is -2.65. The first-order chi connectivity index (χ1) is 10.7. The van der Waals surface area contributed by atoms with Crippen LogP contribution in [-0.2, 0) is 6.54 Å². The van der Waals surface area contributed by atoms with Crippen LogP contribution < -0.4 is 15.4 Å². The fraction of sp³-hybridized carbons (Fsp3) is 0.533. The van der Waals surface area contributed by atoms with Gasteiger partial charge in [-0.2, -0.15) is 13.2 Å². The third-order valence-electron chi connectivity index (χ3n) is 4.10. The number of ether oxygens (including phenoxy) is 1. The number of carbonyl (C=O) groups excluding carboxylic acids is 1. The summed E-state index contributed by atoms with van der Waals surface area (Å²) in [6.45, 7) is -1.22. The van der Waals surface area contributed by atoms with Crippen molar-refractivity contribution in [2.75, 3.05) is 6.61 Å². The largest absolute Gasteiger partial charge is 0.484 e. The predicted octanol–water partition coefficient (Wildman–Crippen LogP) is 3.07.